The van der Waals surface area contributed by atoms with Gasteiger partial charge in [0.25, 0.3) is 0 Å². The number of aromatic nitrogens is 3. The Bertz CT molecular complexity index is 603. The van der Waals surface area contributed by atoms with Gasteiger partial charge in [0.15, 0.2) is 0 Å². The predicted molar refractivity (Wildman–Crippen MR) is 70.5 cm³/mol. The molecule has 0 fully saturated rings. The Morgan fingerprint density at radius 1 is 1.32 bits per heavy atom. The second-order valence-electron chi connectivity index (χ2n) is 4.77. The van der Waals surface area contributed by atoms with Crippen LogP contribution in [-0.4, -0.2) is 27.2 Å². The fraction of sp³-hybridized carbons (Fsp3) is 0.286. The van der Waals surface area contributed by atoms with Crippen LogP contribution in [0.1, 0.15) is 19.4 Å². The van der Waals surface area contributed by atoms with Crippen molar-refractivity contribution < 1.29 is 9.47 Å². The van der Waals surface area contributed by atoms with Gasteiger partial charge in [-0.25, -0.2) is 9.67 Å². The van der Waals surface area contributed by atoms with Crippen LogP contribution in [0.15, 0.2) is 43.0 Å². The molecule has 5 heteroatoms. The molecule has 5 nitrogen and oxygen atoms in total. The lowest BCUT2D eigenvalue weighted by molar-refractivity contribution is -0.174. The first-order chi connectivity index (χ1) is 9.14. The molecule has 0 N–H and O–H groups in total. The molecule has 0 amide bonds. The van der Waals surface area contributed by atoms with E-state index < -0.39 is 5.79 Å². The van der Waals surface area contributed by atoms with Gasteiger partial charge in [0.2, 0.25) is 5.79 Å². The summed E-state index contributed by atoms with van der Waals surface area (Å²) < 4.78 is 13.0. The van der Waals surface area contributed by atoms with E-state index in [1.165, 1.54) is 6.33 Å². The van der Waals surface area contributed by atoms with Gasteiger partial charge >= 0.3 is 0 Å². The minimum atomic E-state index is -0.590. The summed E-state index contributed by atoms with van der Waals surface area (Å²) in [7, 11) is 0. The van der Waals surface area contributed by atoms with E-state index in [0.29, 0.717) is 6.61 Å². The summed E-state index contributed by atoms with van der Waals surface area (Å²) in [5.41, 5.74) is 1.95. The summed E-state index contributed by atoms with van der Waals surface area (Å²) in [6.45, 7) is 4.36. The summed E-state index contributed by atoms with van der Waals surface area (Å²) in [6, 6.07) is 7.97. The minimum Gasteiger partial charge on any atom is -0.463 e. The second kappa shape index (κ2) is 4.51. The average Bonchev–Trinajstić information content (AvgIpc) is 2.92. The lowest BCUT2D eigenvalue weighted by Gasteiger charge is -2.31. The third-order valence-corrected chi connectivity index (χ3v) is 2.87. The molecule has 1 aromatic carbocycles. The van der Waals surface area contributed by atoms with Crippen LogP contribution in [0, 0.1) is 0 Å². The van der Waals surface area contributed by atoms with Crippen molar-refractivity contribution in [1.29, 1.82) is 0 Å². The molecule has 0 spiro atoms. The Hall–Kier alpha value is -2.14. The average molecular weight is 257 g/mol. The smallest absolute Gasteiger partial charge is 0.205 e. The van der Waals surface area contributed by atoms with Crippen LogP contribution in [0.4, 0.5) is 0 Å². The third kappa shape index (κ3) is 2.51. The maximum atomic E-state index is 5.83. The highest BCUT2D eigenvalue weighted by Crippen LogP contribution is 2.28. The Morgan fingerprint density at radius 3 is 2.95 bits per heavy atom. The Balaban J connectivity index is 1.94. The Labute approximate surface area is 111 Å². The highest BCUT2D eigenvalue weighted by molar-refractivity contribution is 5.62. The van der Waals surface area contributed by atoms with Crippen LogP contribution in [-0.2, 0) is 9.47 Å². The fourth-order valence-electron chi connectivity index (χ4n) is 1.97. The molecule has 0 aliphatic carbocycles. The van der Waals surface area contributed by atoms with E-state index in [1.807, 2.05) is 44.2 Å². The van der Waals surface area contributed by atoms with Crippen LogP contribution >= 0.6 is 0 Å². The number of hydrogen-bond donors (Lipinski definition) is 0. The van der Waals surface area contributed by atoms with Crippen LogP contribution in [0.5, 0.6) is 0 Å². The van der Waals surface area contributed by atoms with Gasteiger partial charge in [-0.3, -0.25) is 0 Å². The monoisotopic (exact) mass is 257 g/mol. The van der Waals surface area contributed by atoms with Crippen molar-refractivity contribution in [2.75, 3.05) is 6.61 Å². The molecule has 1 aliphatic heterocycles. The zero-order chi connectivity index (χ0) is 13.3. The lowest BCUT2D eigenvalue weighted by Crippen LogP contribution is -2.31. The normalized spacial score (nSPS) is 17.7. The van der Waals surface area contributed by atoms with Crippen molar-refractivity contribution in [1.82, 2.24) is 14.8 Å². The molecule has 1 aliphatic rings. The van der Waals surface area contributed by atoms with E-state index in [-0.39, 0.29) is 0 Å². The number of benzene rings is 1. The molecule has 0 saturated heterocycles. The van der Waals surface area contributed by atoms with Crippen LogP contribution in [0.25, 0.3) is 11.4 Å². The zero-order valence-corrected chi connectivity index (χ0v) is 10.9. The molecular formula is C14H15N3O2. The summed E-state index contributed by atoms with van der Waals surface area (Å²) >= 11 is 0. The highest BCUT2D eigenvalue weighted by atomic mass is 16.7. The molecule has 98 valence electrons. The summed E-state index contributed by atoms with van der Waals surface area (Å²) in [5.74, 6) is 0.242. The first kappa shape index (κ1) is 11.9. The number of nitrogens with zero attached hydrogens (tertiary/aromatic N) is 3. The minimum absolute atomic E-state index is 0.551. The molecule has 0 unspecified atom stereocenters. The molecule has 1 aromatic heterocycles. The van der Waals surface area contributed by atoms with Crippen LogP contribution < -0.4 is 0 Å². The largest absolute Gasteiger partial charge is 0.463 e. The number of rotatable bonds is 2. The van der Waals surface area contributed by atoms with Crippen molar-refractivity contribution in [2.45, 2.75) is 19.6 Å². The lowest BCUT2D eigenvalue weighted by atomic mass is 10.1. The third-order valence-electron chi connectivity index (χ3n) is 2.87. The Kier molecular flexibility index (Phi) is 2.83. The number of hydrogen-bond acceptors (Lipinski definition) is 4. The van der Waals surface area contributed by atoms with E-state index in [1.54, 1.807) is 11.0 Å². The summed E-state index contributed by atoms with van der Waals surface area (Å²) in [4.78, 5) is 3.95. The Morgan fingerprint density at radius 2 is 2.21 bits per heavy atom. The molecule has 0 atom stereocenters. The van der Waals surface area contributed by atoms with Crippen molar-refractivity contribution in [3.8, 4) is 5.69 Å². The molecule has 2 heterocycles. The van der Waals surface area contributed by atoms with Crippen molar-refractivity contribution in [3.05, 3.63) is 48.6 Å². The quantitative estimate of drug-likeness (QED) is 0.829. The highest BCUT2D eigenvalue weighted by Gasteiger charge is 2.25. The van der Waals surface area contributed by atoms with Crippen LogP contribution in [0.2, 0.25) is 0 Å². The van der Waals surface area contributed by atoms with Crippen molar-refractivity contribution >= 4 is 5.76 Å². The van der Waals surface area contributed by atoms with Gasteiger partial charge < -0.3 is 9.47 Å². The van der Waals surface area contributed by atoms with Gasteiger partial charge in [-0.1, -0.05) is 12.1 Å². The molecule has 0 saturated carbocycles. The van der Waals surface area contributed by atoms with Gasteiger partial charge in [-0.15, -0.1) is 0 Å². The standard InChI is InChI=1S/C14H15N3O2/c1-14(2)18-7-6-13(19-14)11-4-3-5-12(8-11)17-10-15-9-16-17/h3-6,8-10H,7H2,1-2H3. The maximum absolute atomic E-state index is 5.83. The maximum Gasteiger partial charge on any atom is 0.205 e. The summed E-state index contributed by atoms with van der Waals surface area (Å²) in [6.07, 6.45) is 5.12. The molecule has 19 heavy (non-hydrogen) atoms. The van der Waals surface area contributed by atoms with Gasteiger partial charge in [0.1, 0.15) is 18.4 Å². The first-order valence-electron chi connectivity index (χ1n) is 6.13. The van der Waals surface area contributed by atoms with Crippen LogP contribution in [0.3, 0.4) is 0 Å². The van der Waals surface area contributed by atoms with Gasteiger partial charge in [-0.2, -0.15) is 5.10 Å². The fourth-order valence-corrected chi connectivity index (χ4v) is 1.97. The SMILES string of the molecule is CC1(C)OCC=C(c2cccc(-n3cncn3)c2)O1. The van der Waals surface area contributed by atoms with Crippen molar-refractivity contribution in [3.63, 3.8) is 0 Å². The number of ether oxygens (including phenoxy) is 2. The molecule has 0 bridgehead atoms. The topological polar surface area (TPSA) is 49.2 Å². The van der Waals surface area contributed by atoms with E-state index in [9.17, 15) is 0 Å². The zero-order valence-electron chi connectivity index (χ0n) is 10.9. The van der Waals surface area contributed by atoms with E-state index in [4.69, 9.17) is 9.47 Å². The van der Waals surface area contributed by atoms with E-state index in [0.717, 1.165) is 17.0 Å². The van der Waals surface area contributed by atoms with Gasteiger partial charge in [-0.05, 0) is 18.2 Å². The predicted octanol–water partition coefficient (Wildman–Crippen LogP) is 2.39. The first-order valence-corrected chi connectivity index (χ1v) is 6.13. The van der Waals surface area contributed by atoms with E-state index >= 15 is 0 Å². The van der Waals surface area contributed by atoms with Gasteiger partial charge in [0, 0.05) is 19.4 Å². The second-order valence-corrected chi connectivity index (χ2v) is 4.77. The molecule has 3 rings (SSSR count). The molecular weight excluding hydrogens is 242 g/mol. The van der Waals surface area contributed by atoms with E-state index in [2.05, 4.69) is 10.1 Å². The molecule has 2 aromatic rings. The van der Waals surface area contributed by atoms with Gasteiger partial charge in [0.05, 0.1) is 12.3 Å². The van der Waals surface area contributed by atoms with Crippen molar-refractivity contribution in [2.24, 2.45) is 0 Å². The summed E-state index contributed by atoms with van der Waals surface area (Å²) in [5, 5.41) is 4.12. The molecule has 0 radical (unpaired) electrons.